The van der Waals surface area contributed by atoms with E-state index in [0.29, 0.717) is 0 Å². The van der Waals surface area contributed by atoms with Crippen LogP contribution in [0.5, 0.6) is 0 Å². The smallest absolute Gasteiger partial charge is 0.0997 e. The number of rotatable bonds is 2. The van der Waals surface area contributed by atoms with Gasteiger partial charge in [-0.15, -0.1) is 0 Å². The van der Waals surface area contributed by atoms with Gasteiger partial charge in [0.05, 0.1) is 17.5 Å². The van der Waals surface area contributed by atoms with E-state index >= 15 is 0 Å². The highest BCUT2D eigenvalue weighted by Gasteiger charge is 2.23. The SMILES string of the molecule is CO[C@H]1CCc2ccc(-c3ccccc3)nc21. The standard InChI is InChI=1S/C15H15NO/c1-17-14-10-8-12-7-9-13(16-15(12)14)11-5-3-2-4-6-11/h2-7,9,14H,8,10H2,1H3/t14-/m0/s1. The molecule has 1 aromatic heterocycles. The molecular formula is C15H15NO. The second-order valence-electron chi connectivity index (χ2n) is 4.37. The van der Waals surface area contributed by atoms with Gasteiger partial charge in [0.2, 0.25) is 0 Å². The minimum Gasteiger partial charge on any atom is -0.375 e. The summed E-state index contributed by atoms with van der Waals surface area (Å²) in [5.41, 5.74) is 4.65. The Morgan fingerprint density at radius 3 is 2.71 bits per heavy atom. The van der Waals surface area contributed by atoms with E-state index in [9.17, 15) is 0 Å². The topological polar surface area (TPSA) is 22.1 Å². The summed E-state index contributed by atoms with van der Waals surface area (Å²) in [6.07, 6.45) is 2.31. The van der Waals surface area contributed by atoms with Crippen LogP contribution in [-0.4, -0.2) is 12.1 Å². The third-order valence-corrected chi connectivity index (χ3v) is 3.35. The van der Waals surface area contributed by atoms with Crippen molar-refractivity contribution in [2.24, 2.45) is 0 Å². The van der Waals surface area contributed by atoms with E-state index in [4.69, 9.17) is 9.72 Å². The van der Waals surface area contributed by atoms with E-state index in [1.165, 1.54) is 5.56 Å². The third-order valence-electron chi connectivity index (χ3n) is 3.35. The van der Waals surface area contributed by atoms with Crippen molar-refractivity contribution in [2.75, 3.05) is 7.11 Å². The molecule has 1 aliphatic rings. The number of benzene rings is 1. The lowest BCUT2D eigenvalue weighted by Gasteiger charge is -2.09. The molecule has 0 N–H and O–H groups in total. The second-order valence-corrected chi connectivity index (χ2v) is 4.37. The molecule has 0 radical (unpaired) electrons. The highest BCUT2D eigenvalue weighted by Crippen LogP contribution is 2.33. The molecule has 0 spiro atoms. The highest BCUT2D eigenvalue weighted by molar-refractivity contribution is 5.59. The fourth-order valence-corrected chi connectivity index (χ4v) is 2.42. The minimum absolute atomic E-state index is 0.175. The summed E-state index contributed by atoms with van der Waals surface area (Å²) in [6, 6.07) is 14.6. The lowest BCUT2D eigenvalue weighted by molar-refractivity contribution is 0.102. The molecule has 86 valence electrons. The second kappa shape index (κ2) is 4.30. The maximum absolute atomic E-state index is 5.47. The number of methoxy groups -OCH3 is 1. The van der Waals surface area contributed by atoms with Crippen molar-refractivity contribution in [3.63, 3.8) is 0 Å². The number of fused-ring (bicyclic) bond motifs is 1. The van der Waals surface area contributed by atoms with Crippen molar-refractivity contribution < 1.29 is 4.74 Å². The van der Waals surface area contributed by atoms with Crippen LogP contribution in [0, 0.1) is 0 Å². The quantitative estimate of drug-likeness (QED) is 0.781. The lowest BCUT2D eigenvalue weighted by Crippen LogP contribution is -1.99. The Morgan fingerprint density at radius 1 is 1.12 bits per heavy atom. The first-order valence-electron chi connectivity index (χ1n) is 5.96. The van der Waals surface area contributed by atoms with Gasteiger partial charge >= 0.3 is 0 Å². The van der Waals surface area contributed by atoms with Crippen LogP contribution in [0.2, 0.25) is 0 Å². The summed E-state index contributed by atoms with van der Waals surface area (Å²) in [6.45, 7) is 0. The van der Waals surface area contributed by atoms with E-state index in [-0.39, 0.29) is 6.10 Å². The minimum atomic E-state index is 0.175. The molecule has 0 bridgehead atoms. The molecule has 0 saturated heterocycles. The van der Waals surface area contributed by atoms with Crippen molar-refractivity contribution >= 4 is 0 Å². The molecule has 1 atom stereocenters. The van der Waals surface area contributed by atoms with Crippen molar-refractivity contribution in [3.8, 4) is 11.3 Å². The number of aryl methyl sites for hydroxylation is 1. The first-order valence-corrected chi connectivity index (χ1v) is 5.96. The molecule has 0 aliphatic heterocycles. The summed E-state index contributed by atoms with van der Waals surface area (Å²) in [7, 11) is 1.76. The average molecular weight is 225 g/mol. The van der Waals surface area contributed by atoms with E-state index in [1.807, 2.05) is 18.2 Å². The first-order chi connectivity index (χ1) is 8.38. The molecule has 1 aromatic carbocycles. The molecule has 0 amide bonds. The molecule has 2 nitrogen and oxygen atoms in total. The van der Waals surface area contributed by atoms with Crippen molar-refractivity contribution in [1.29, 1.82) is 0 Å². The van der Waals surface area contributed by atoms with E-state index in [0.717, 1.165) is 29.8 Å². The predicted octanol–water partition coefficient (Wildman–Crippen LogP) is 3.38. The molecule has 0 unspecified atom stereocenters. The zero-order valence-electron chi connectivity index (χ0n) is 9.89. The Bertz CT molecular complexity index is 522. The zero-order chi connectivity index (χ0) is 11.7. The van der Waals surface area contributed by atoms with Gasteiger partial charge in [-0.2, -0.15) is 0 Å². The van der Waals surface area contributed by atoms with Gasteiger partial charge in [-0.1, -0.05) is 36.4 Å². The van der Waals surface area contributed by atoms with Gasteiger partial charge in [0.15, 0.2) is 0 Å². The molecule has 0 fully saturated rings. The van der Waals surface area contributed by atoms with Gasteiger partial charge in [-0.05, 0) is 24.5 Å². The molecule has 1 heterocycles. The first kappa shape index (κ1) is 10.5. The molecule has 17 heavy (non-hydrogen) atoms. The lowest BCUT2D eigenvalue weighted by atomic mass is 10.1. The van der Waals surface area contributed by atoms with Gasteiger partial charge in [0.1, 0.15) is 0 Å². The Morgan fingerprint density at radius 2 is 1.94 bits per heavy atom. The van der Waals surface area contributed by atoms with Crippen LogP contribution in [0.15, 0.2) is 42.5 Å². The maximum Gasteiger partial charge on any atom is 0.0997 e. The fraction of sp³-hybridized carbons (Fsp3) is 0.267. The van der Waals surface area contributed by atoms with Crippen molar-refractivity contribution in [2.45, 2.75) is 18.9 Å². The van der Waals surface area contributed by atoms with Crippen LogP contribution in [0.1, 0.15) is 23.8 Å². The number of pyridine rings is 1. The van der Waals surface area contributed by atoms with E-state index < -0.39 is 0 Å². The molecule has 2 aromatic rings. The van der Waals surface area contributed by atoms with E-state index in [2.05, 4.69) is 24.3 Å². The van der Waals surface area contributed by atoms with Crippen LogP contribution in [0.3, 0.4) is 0 Å². The van der Waals surface area contributed by atoms with Gasteiger partial charge in [-0.3, -0.25) is 0 Å². The molecular weight excluding hydrogens is 210 g/mol. The van der Waals surface area contributed by atoms with E-state index in [1.54, 1.807) is 7.11 Å². The maximum atomic E-state index is 5.47. The normalized spacial score (nSPS) is 18.1. The number of hydrogen-bond acceptors (Lipinski definition) is 2. The Labute approximate surface area is 101 Å². The van der Waals surface area contributed by atoms with Gasteiger partial charge < -0.3 is 4.74 Å². The Kier molecular flexibility index (Phi) is 2.65. The van der Waals surface area contributed by atoms with Gasteiger partial charge in [0, 0.05) is 12.7 Å². The molecule has 1 aliphatic carbocycles. The summed E-state index contributed by atoms with van der Waals surface area (Å²) >= 11 is 0. The van der Waals surface area contributed by atoms with Crippen LogP contribution in [0.25, 0.3) is 11.3 Å². The van der Waals surface area contributed by atoms with Gasteiger partial charge in [0.25, 0.3) is 0 Å². The summed E-state index contributed by atoms with van der Waals surface area (Å²) in [5, 5.41) is 0. The molecule has 3 rings (SSSR count). The monoisotopic (exact) mass is 225 g/mol. The number of aromatic nitrogens is 1. The summed E-state index contributed by atoms with van der Waals surface area (Å²) < 4.78 is 5.47. The summed E-state index contributed by atoms with van der Waals surface area (Å²) in [5.74, 6) is 0. The number of ether oxygens (including phenoxy) is 1. The molecule has 0 saturated carbocycles. The average Bonchev–Trinajstić information content (AvgIpc) is 2.81. The molecule has 2 heteroatoms. The number of hydrogen-bond donors (Lipinski definition) is 0. The predicted molar refractivity (Wildman–Crippen MR) is 67.7 cm³/mol. The number of nitrogens with zero attached hydrogens (tertiary/aromatic N) is 1. The van der Waals surface area contributed by atoms with Crippen LogP contribution >= 0.6 is 0 Å². The Hall–Kier alpha value is -1.67. The van der Waals surface area contributed by atoms with Crippen molar-refractivity contribution in [3.05, 3.63) is 53.7 Å². The van der Waals surface area contributed by atoms with Crippen molar-refractivity contribution in [1.82, 2.24) is 4.98 Å². The van der Waals surface area contributed by atoms with Crippen LogP contribution < -0.4 is 0 Å². The van der Waals surface area contributed by atoms with Crippen LogP contribution in [0.4, 0.5) is 0 Å². The third kappa shape index (κ3) is 1.85. The fourth-order valence-electron chi connectivity index (χ4n) is 2.42. The largest absolute Gasteiger partial charge is 0.375 e. The zero-order valence-corrected chi connectivity index (χ0v) is 9.89. The van der Waals surface area contributed by atoms with Crippen LogP contribution in [-0.2, 0) is 11.2 Å². The Balaban J connectivity index is 2.04. The summed E-state index contributed by atoms with van der Waals surface area (Å²) in [4.78, 5) is 4.75. The van der Waals surface area contributed by atoms with Gasteiger partial charge in [-0.25, -0.2) is 4.98 Å². The highest BCUT2D eigenvalue weighted by atomic mass is 16.5.